The number of amides is 1. The number of fused-ring (bicyclic) bond motifs is 1. The molecule has 8 nitrogen and oxygen atoms in total. The molecule has 2 saturated carbocycles. The van der Waals surface area contributed by atoms with Crippen molar-refractivity contribution in [1.82, 2.24) is 29.4 Å². The Morgan fingerprint density at radius 1 is 1.19 bits per heavy atom. The average Bonchev–Trinajstić information content (AvgIpc) is 3.56. The molecule has 0 radical (unpaired) electrons. The summed E-state index contributed by atoms with van der Waals surface area (Å²) < 4.78 is 9.61. The highest BCUT2D eigenvalue weighted by atomic mass is 16.5. The average molecular weight is 370 g/mol. The van der Waals surface area contributed by atoms with Gasteiger partial charge in [-0.3, -0.25) is 14.2 Å². The van der Waals surface area contributed by atoms with Crippen LogP contribution < -0.4 is 0 Å². The fourth-order valence-electron chi connectivity index (χ4n) is 3.75. The van der Waals surface area contributed by atoms with Crippen molar-refractivity contribution in [3.05, 3.63) is 29.6 Å². The van der Waals surface area contributed by atoms with Crippen LogP contribution in [0.25, 0.3) is 0 Å². The van der Waals surface area contributed by atoms with Crippen LogP contribution in [0, 0.1) is 11.8 Å². The van der Waals surface area contributed by atoms with E-state index in [2.05, 4.69) is 21.0 Å². The molecule has 0 aromatic carbocycles. The minimum Gasteiger partial charge on any atom is -0.380 e. The quantitative estimate of drug-likeness (QED) is 0.740. The first-order valence-corrected chi connectivity index (χ1v) is 9.94. The number of ether oxygens (including phenoxy) is 1. The van der Waals surface area contributed by atoms with Gasteiger partial charge in [0.15, 0.2) is 0 Å². The standard InChI is InChI=1S/C19H26N6O2/c1-23-12-20-18(22-23)19(26)24-7-15-9-25(6-13-2-3-13)21-17(15)16(8-24)11-27-10-14-4-5-14/h9,12-14,16H,2-8,10-11H2,1H3/t16-/m0/s1. The molecule has 8 heteroatoms. The van der Waals surface area contributed by atoms with Gasteiger partial charge in [0.2, 0.25) is 5.82 Å². The van der Waals surface area contributed by atoms with Crippen molar-refractivity contribution in [1.29, 1.82) is 0 Å². The Bertz CT molecular complexity index is 835. The molecule has 0 unspecified atom stereocenters. The maximum absolute atomic E-state index is 12.9. The van der Waals surface area contributed by atoms with Gasteiger partial charge < -0.3 is 9.64 Å². The molecule has 1 amide bonds. The number of carbonyl (C=O) groups excluding carboxylic acids is 1. The van der Waals surface area contributed by atoms with E-state index in [0.29, 0.717) is 19.7 Å². The fraction of sp³-hybridized carbons (Fsp3) is 0.684. The number of aromatic nitrogens is 5. The number of nitrogens with zero attached hydrogens (tertiary/aromatic N) is 6. The van der Waals surface area contributed by atoms with E-state index in [1.54, 1.807) is 18.1 Å². The van der Waals surface area contributed by atoms with E-state index >= 15 is 0 Å². The summed E-state index contributed by atoms with van der Waals surface area (Å²) in [5, 5.41) is 9.04. The van der Waals surface area contributed by atoms with Gasteiger partial charge in [0, 0.05) is 51.0 Å². The molecule has 1 atom stereocenters. The van der Waals surface area contributed by atoms with Crippen LogP contribution in [0.15, 0.2) is 12.5 Å². The van der Waals surface area contributed by atoms with Gasteiger partial charge in [0.1, 0.15) is 6.33 Å². The minimum atomic E-state index is -0.122. The molecule has 0 saturated heterocycles. The van der Waals surface area contributed by atoms with Crippen LogP contribution in [0.3, 0.4) is 0 Å². The molecule has 2 aliphatic carbocycles. The van der Waals surface area contributed by atoms with Crippen molar-refractivity contribution in [2.24, 2.45) is 18.9 Å². The largest absolute Gasteiger partial charge is 0.380 e. The Morgan fingerprint density at radius 2 is 2.00 bits per heavy atom. The van der Waals surface area contributed by atoms with E-state index in [1.165, 1.54) is 25.7 Å². The predicted molar refractivity (Wildman–Crippen MR) is 97.0 cm³/mol. The van der Waals surface area contributed by atoms with E-state index < -0.39 is 0 Å². The number of carbonyl (C=O) groups is 1. The summed E-state index contributed by atoms with van der Waals surface area (Å²) in [5.74, 6) is 1.75. The third-order valence-electron chi connectivity index (χ3n) is 5.65. The Kier molecular flexibility index (Phi) is 4.22. The lowest BCUT2D eigenvalue weighted by Gasteiger charge is -2.31. The number of aryl methyl sites for hydroxylation is 1. The Balaban J connectivity index is 1.35. The topological polar surface area (TPSA) is 78.1 Å². The highest BCUT2D eigenvalue weighted by Crippen LogP contribution is 2.33. The van der Waals surface area contributed by atoms with Gasteiger partial charge in [-0.05, 0) is 37.5 Å². The van der Waals surface area contributed by atoms with E-state index in [4.69, 9.17) is 9.84 Å². The second-order valence-electron chi connectivity index (χ2n) is 8.31. The molecular weight excluding hydrogens is 344 g/mol. The molecule has 0 spiro atoms. The van der Waals surface area contributed by atoms with Crippen LogP contribution in [0.5, 0.6) is 0 Å². The first-order valence-electron chi connectivity index (χ1n) is 9.94. The number of hydrogen-bond acceptors (Lipinski definition) is 5. The summed E-state index contributed by atoms with van der Waals surface area (Å²) in [6, 6.07) is 0. The maximum atomic E-state index is 12.9. The van der Waals surface area contributed by atoms with E-state index in [9.17, 15) is 4.79 Å². The fourth-order valence-corrected chi connectivity index (χ4v) is 3.75. The molecule has 0 N–H and O–H groups in total. The van der Waals surface area contributed by atoms with Crippen LogP contribution >= 0.6 is 0 Å². The van der Waals surface area contributed by atoms with E-state index in [1.807, 2.05) is 4.90 Å². The SMILES string of the molecule is Cn1cnc(C(=O)N2Cc3cn(CC4CC4)nc3[C@H](COCC3CC3)C2)n1. The van der Waals surface area contributed by atoms with Crippen molar-refractivity contribution in [3.8, 4) is 0 Å². The molecule has 2 aromatic rings. The summed E-state index contributed by atoms with van der Waals surface area (Å²) in [4.78, 5) is 18.8. The van der Waals surface area contributed by atoms with Crippen molar-refractivity contribution in [2.75, 3.05) is 19.8 Å². The number of hydrogen-bond donors (Lipinski definition) is 0. The third-order valence-corrected chi connectivity index (χ3v) is 5.65. The molecule has 0 bridgehead atoms. The van der Waals surface area contributed by atoms with E-state index in [-0.39, 0.29) is 17.6 Å². The first-order chi connectivity index (χ1) is 13.2. The highest BCUT2D eigenvalue weighted by molar-refractivity contribution is 5.90. The highest BCUT2D eigenvalue weighted by Gasteiger charge is 2.34. The minimum absolute atomic E-state index is 0.112. The molecule has 5 rings (SSSR count). The van der Waals surface area contributed by atoms with Crippen LogP contribution in [0.4, 0.5) is 0 Å². The van der Waals surface area contributed by atoms with Gasteiger partial charge in [-0.15, -0.1) is 5.10 Å². The molecule has 2 fully saturated rings. The smallest absolute Gasteiger partial charge is 0.293 e. The summed E-state index contributed by atoms with van der Waals surface area (Å²) in [7, 11) is 1.77. The molecule has 2 aromatic heterocycles. The summed E-state index contributed by atoms with van der Waals surface area (Å²) in [6.07, 6.45) is 8.84. The molecular formula is C19H26N6O2. The normalized spacial score (nSPS) is 22.1. The molecule has 3 aliphatic rings. The summed E-state index contributed by atoms with van der Waals surface area (Å²) >= 11 is 0. The summed E-state index contributed by atoms with van der Waals surface area (Å²) in [6.45, 7) is 3.59. The lowest BCUT2D eigenvalue weighted by atomic mass is 9.97. The zero-order chi connectivity index (χ0) is 18.4. The third kappa shape index (κ3) is 3.76. The zero-order valence-electron chi connectivity index (χ0n) is 15.8. The van der Waals surface area contributed by atoms with Crippen molar-refractivity contribution >= 4 is 5.91 Å². The van der Waals surface area contributed by atoms with Crippen molar-refractivity contribution < 1.29 is 9.53 Å². The molecule has 1 aliphatic heterocycles. The molecule has 144 valence electrons. The Morgan fingerprint density at radius 3 is 2.70 bits per heavy atom. The van der Waals surface area contributed by atoms with Gasteiger partial charge in [-0.2, -0.15) is 5.10 Å². The van der Waals surface area contributed by atoms with Gasteiger partial charge in [-0.25, -0.2) is 4.98 Å². The first kappa shape index (κ1) is 16.9. The van der Waals surface area contributed by atoms with Crippen LogP contribution in [-0.2, 0) is 24.9 Å². The second-order valence-corrected chi connectivity index (χ2v) is 8.31. The lowest BCUT2D eigenvalue weighted by molar-refractivity contribution is 0.0615. The monoisotopic (exact) mass is 370 g/mol. The second kappa shape index (κ2) is 6.74. The zero-order valence-corrected chi connectivity index (χ0v) is 15.8. The Hall–Kier alpha value is -2.22. The van der Waals surface area contributed by atoms with Gasteiger partial charge in [0.05, 0.1) is 12.3 Å². The van der Waals surface area contributed by atoms with Gasteiger partial charge in [-0.1, -0.05) is 0 Å². The number of rotatable bonds is 7. The predicted octanol–water partition coefficient (Wildman–Crippen LogP) is 1.59. The Labute approximate surface area is 158 Å². The summed E-state index contributed by atoms with van der Waals surface area (Å²) in [5.41, 5.74) is 2.23. The van der Waals surface area contributed by atoms with Crippen LogP contribution in [-0.4, -0.2) is 55.1 Å². The van der Waals surface area contributed by atoms with Crippen LogP contribution in [0.1, 0.15) is 53.5 Å². The molecule has 27 heavy (non-hydrogen) atoms. The van der Waals surface area contributed by atoms with Gasteiger partial charge in [0.25, 0.3) is 5.91 Å². The van der Waals surface area contributed by atoms with E-state index in [0.717, 1.165) is 36.2 Å². The van der Waals surface area contributed by atoms with Gasteiger partial charge >= 0.3 is 0 Å². The van der Waals surface area contributed by atoms with Crippen LogP contribution in [0.2, 0.25) is 0 Å². The molecule has 3 heterocycles. The lowest BCUT2D eigenvalue weighted by Crippen LogP contribution is -2.40. The maximum Gasteiger partial charge on any atom is 0.293 e. The van der Waals surface area contributed by atoms with Crippen molar-refractivity contribution in [3.63, 3.8) is 0 Å². The van der Waals surface area contributed by atoms with Crippen molar-refractivity contribution in [2.45, 2.75) is 44.7 Å².